The Balaban J connectivity index is 2.14. The predicted molar refractivity (Wildman–Crippen MR) is 96.5 cm³/mol. The first-order valence-electron chi connectivity index (χ1n) is 8.74. The molecule has 0 heterocycles. The van der Waals surface area contributed by atoms with Gasteiger partial charge in [0.2, 0.25) is 0 Å². The third-order valence-corrected chi connectivity index (χ3v) is 3.12. The largest absolute Gasteiger partial charge is 0.491 e. The highest BCUT2D eigenvalue weighted by Crippen LogP contribution is 2.26. The number of hydrogen-bond donors (Lipinski definition) is 1. The highest BCUT2D eigenvalue weighted by Gasteiger charge is 2.03. The lowest BCUT2D eigenvalue weighted by atomic mass is 10.3. The molecule has 0 saturated carbocycles. The molecule has 0 spiro atoms. The third kappa shape index (κ3) is 10.8. The molecule has 0 atom stereocenters. The van der Waals surface area contributed by atoms with E-state index in [0.29, 0.717) is 83.3 Å². The standard InChI is InChI=1S/C18H31NO6/c1-3-20-7-9-22-11-13-24-16-5-6-18(17(19)15-16)25-14-12-23-10-8-21-4-2/h5-6,15H,3-4,7-14,19H2,1-2H3. The Hall–Kier alpha value is -1.54. The van der Waals surface area contributed by atoms with Crippen LogP contribution in [-0.2, 0) is 18.9 Å². The molecule has 0 aliphatic rings. The first-order chi connectivity index (χ1) is 12.3. The van der Waals surface area contributed by atoms with Gasteiger partial charge in [-0.2, -0.15) is 0 Å². The molecule has 0 fully saturated rings. The van der Waals surface area contributed by atoms with E-state index >= 15 is 0 Å². The number of anilines is 1. The van der Waals surface area contributed by atoms with E-state index in [0.717, 1.165) is 0 Å². The minimum atomic E-state index is 0.435. The van der Waals surface area contributed by atoms with Gasteiger partial charge in [0, 0.05) is 19.3 Å². The van der Waals surface area contributed by atoms with Gasteiger partial charge < -0.3 is 34.2 Å². The van der Waals surface area contributed by atoms with Gasteiger partial charge in [-0.3, -0.25) is 0 Å². The van der Waals surface area contributed by atoms with E-state index in [2.05, 4.69) is 0 Å². The first-order valence-corrected chi connectivity index (χ1v) is 8.74. The Morgan fingerprint density at radius 3 is 1.76 bits per heavy atom. The van der Waals surface area contributed by atoms with Crippen molar-refractivity contribution in [3.05, 3.63) is 18.2 Å². The topological polar surface area (TPSA) is 81.4 Å². The van der Waals surface area contributed by atoms with Gasteiger partial charge >= 0.3 is 0 Å². The molecule has 0 unspecified atom stereocenters. The summed E-state index contributed by atoms with van der Waals surface area (Å²) in [5, 5.41) is 0. The summed E-state index contributed by atoms with van der Waals surface area (Å²) in [6.45, 7) is 9.52. The SMILES string of the molecule is CCOCCOCCOc1ccc(OCCOCCOCC)c(N)c1. The molecule has 0 amide bonds. The first kappa shape index (κ1) is 21.5. The maximum absolute atomic E-state index is 5.97. The Morgan fingerprint density at radius 1 is 0.680 bits per heavy atom. The lowest BCUT2D eigenvalue weighted by molar-refractivity contribution is 0.0401. The quantitative estimate of drug-likeness (QED) is 0.358. The van der Waals surface area contributed by atoms with Crippen molar-refractivity contribution >= 4 is 5.69 Å². The highest BCUT2D eigenvalue weighted by atomic mass is 16.5. The fraction of sp³-hybridized carbons (Fsp3) is 0.667. The molecular formula is C18H31NO6. The van der Waals surface area contributed by atoms with Gasteiger partial charge in [0.25, 0.3) is 0 Å². The molecule has 25 heavy (non-hydrogen) atoms. The van der Waals surface area contributed by atoms with Crippen LogP contribution in [0.25, 0.3) is 0 Å². The number of nitrogen functional groups attached to an aromatic ring is 1. The van der Waals surface area contributed by atoms with Crippen LogP contribution in [0.2, 0.25) is 0 Å². The lowest BCUT2D eigenvalue weighted by Crippen LogP contribution is -2.12. The molecule has 2 N–H and O–H groups in total. The second-order valence-corrected chi connectivity index (χ2v) is 5.02. The Bertz CT molecular complexity index is 444. The fourth-order valence-electron chi connectivity index (χ4n) is 1.91. The molecule has 1 aromatic carbocycles. The molecule has 1 rings (SSSR count). The van der Waals surface area contributed by atoms with E-state index in [1.807, 2.05) is 19.9 Å². The second-order valence-electron chi connectivity index (χ2n) is 5.02. The van der Waals surface area contributed by atoms with Gasteiger partial charge in [0.05, 0.1) is 45.3 Å². The Morgan fingerprint density at radius 2 is 1.20 bits per heavy atom. The summed E-state index contributed by atoms with van der Waals surface area (Å²) in [6.07, 6.45) is 0. The van der Waals surface area contributed by atoms with Crippen LogP contribution in [0.1, 0.15) is 13.8 Å². The summed E-state index contributed by atoms with van der Waals surface area (Å²) in [6, 6.07) is 5.36. The van der Waals surface area contributed by atoms with Crippen molar-refractivity contribution in [2.45, 2.75) is 13.8 Å². The van der Waals surface area contributed by atoms with E-state index in [9.17, 15) is 0 Å². The fourth-order valence-corrected chi connectivity index (χ4v) is 1.91. The Kier molecular flexibility index (Phi) is 12.7. The van der Waals surface area contributed by atoms with Crippen LogP contribution in [0.3, 0.4) is 0 Å². The van der Waals surface area contributed by atoms with E-state index in [1.165, 1.54) is 0 Å². The third-order valence-electron chi connectivity index (χ3n) is 3.12. The normalized spacial score (nSPS) is 10.8. The van der Waals surface area contributed by atoms with E-state index in [-0.39, 0.29) is 0 Å². The van der Waals surface area contributed by atoms with E-state index in [4.69, 9.17) is 34.2 Å². The van der Waals surface area contributed by atoms with Crippen molar-refractivity contribution < 1.29 is 28.4 Å². The van der Waals surface area contributed by atoms with Crippen LogP contribution in [0.5, 0.6) is 11.5 Å². The van der Waals surface area contributed by atoms with Crippen molar-refractivity contribution in [3.63, 3.8) is 0 Å². The average Bonchev–Trinajstić information content (AvgIpc) is 2.61. The maximum Gasteiger partial charge on any atom is 0.142 e. The second kappa shape index (κ2) is 14.8. The zero-order chi connectivity index (χ0) is 18.2. The molecule has 0 aromatic heterocycles. The van der Waals surface area contributed by atoms with Crippen molar-refractivity contribution in [2.75, 3.05) is 71.8 Å². The summed E-state index contributed by atoms with van der Waals surface area (Å²) >= 11 is 0. The predicted octanol–water partition coefficient (Wildman–Crippen LogP) is 2.13. The van der Waals surface area contributed by atoms with Gasteiger partial charge in [-0.15, -0.1) is 0 Å². The molecule has 1 aromatic rings. The lowest BCUT2D eigenvalue weighted by Gasteiger charge is -2.12. The minimum absolute atomic E-state index is 0.435. The van der Waals surface area contributed by atoms with Crippen molar-refractivity contribution in [3.8, 4) is 11.5 Å². The molecule has 7 nitrogen and oxygen atoms in total. The van der Waals surface area contributed by atoms with E-state index < -0.39 is 0 Å². The van der Waals surface area contributed by atoms with Crippen molar-refractivity contribution in [1.82, 2.24) is 0 Å². The summed E-state index contributed by atoms with van der Waals surface area (Å²) in [4.78, 5) is 0. The number of rotatable bonds is 16. The summed E-state index contributed by atoms with van der Waals surface area (Å²) in [5.74, 6) is 1.31. The summed E-state index contributed by atoms with van der Waals surface area (Å²) < 4.78 is 32.3. The maximum atomic E-state index is 5.97. The number of hydrogen-bond acceptors (Lipinski definition) is 7. The van der Waals surface area contributed by atoms with Gasteiger partial charge in [-0.25, -0.2) is 0 Å². The minimum Gasteiger partial charge on any atom is -0.491 e. The smallest absolute Gasteiger partial charge is 0.142 e. The number of nitrogens with two attached hydrogens (primary N) is 1. The van der Waals surface area contributed by atoms with Gasteiger partial charge in [-0.05, 0) is 26.0 Å². The summed E-state index contributed by atoms with van der Waals surface area (Å²) in [7, 11) is 0. The average molecular weight is 357 g/mol. The number of ether oxygens (including phenoxy) is 6. The molecule has 0 aliphatic carbocycles. The molecule has 0 radical (unpaired) electrons. The van der Waals surface area contributed by atoms with Gasteiger partial charge in [0.1, 0.15) is 24.7 Å². The molecule has 7 heteroatoms. The van der Waals surface area contributed by atoms with Crippen LogP contribution in [0.4, 0.5) is 5.69 Å². The number of benzene rings is 1. The Labute approximate surface area is 150 Å². The van der Waals surface area contributed by atoms with Crippen molar-refractivity contribution in [1.29, 1.82) is 0 Å². The van der Waals surface area contributed by atoms with Gasteiger partial charge in [-0.1, -0.05) is 0 Å². The van der Waals surface area contributed by atoms with Gasteiger partial charge in [0.15, 0.2) is 0 Å². The zero-order valence-electron chi connectivity index (χ0n) is 15.3. The molecule has 144 valence electrons. The van der Waals surface area contributed by atoms with Crippen LogP contribution in [0.15, 0.2) is 18.2 Å². The molecule has 0 saturated heterocycles. The monoisotopic (exact) mass is 357 g/mol. The molecular weight excluding hydrogens is 326 g/mol. The molecule has 0 bridgehead atoms. The zero-order valence-corrected chi connectivity index (χ0v) is 15.3. The van der Waals surface area contributed by atoms with Crippen LogP contribution in [0, 0.1) is 0 Å². The summed E-state index contributed by atoms with van der Waals surface area (Å²) in [5.41, 5.74) is 6.51. The molecule has 0 aliphatic heterocycles. The van der Waals surface area contributed by atoms with Crippen LogP contribution < -0.4 is 15.2 Å². The van der Waals surface area contributed by atoms with Crippen LogP contribution in [-0.4, -0.2) is 66.1 Å². The van der Waals surface area contributed by atoms with Crippen LogP contribution >= 0.6 is 0 Å². The highest BCUT2D eigenvalue weighted by molar-refractivity contribution is 5.56. The van der Waals surface area contributed by atoms with E-state index in [1.54, 1.807) is 12.1 Å². The van der Waals surface area contributed by atoms with Crippen molar-refractivity contribution in [2.24, 2.45) is 0 Å².